The molecule has 1 amide bonds. The summed E-state index contributed by atoms with van der Waals surface area (Å²) >= 11 is 0. The highest BCUT2D eigenvalue weighted by Crippen LogP contribution is 2.42. The van der Waals surface area contributed by atoms with Crippen LogP contribution < -0.4 is 15.8 Å². The first-order chi connectivity index (χ1) is 18.9. The molecule has 2 aromatic rings. The third-order valence-corrected chi connectivity index (χ3v) is 8.10. The van der Waals surface area contributed by atoms with Crippen molar-refractivity contribution in [3.05, 3.63) is 63.1 Å². The molecular formula is C31H44N4O5. The predicted molar refractivity (Wildman–Crippen MR) is 155 cm³/mol. The highest BCUT2D eigenvalue weighted by atomic mass is 16.5. The molecule has 9 heteroatoms. The van der Waals surface area contributed by atoms with Crippen LogP contribution in [-0.2, 0) is 34.5 Å². The Morgan fingerprint density at radius 3 is 2.60 bits per heavy atom. The lowest BCUT2D eigenvalue weighted by molar-refractivity contribution is -0.152. The number of nitrogens with zero attached hydrogens (tertiary/aromatic N) is 3. The van der Waals surface area contributed by atoms with Crippen LogP contribution in [0.3, 0.4) is 0 Å². The van der Waals surface area contributed by atoms with E-state index in [0.717, 1.165) is 43.6 Å². The fraction of sp³-hybridized carbons (Fsp3) is 0.581. The number of aliphatic hydroxyl groups is 1. The number of aryl methyl sites for hydroxylation is 2. The standard InChI is InChI=1S/C31H44N4O5/c1-19(2)40-31(39)29(21(4)36)32-15-23-9-10-27-25(13-23)17-35(26-12-20(3)30(38)33(6)18-26)28(27)14-24-8-7-11-34(16-24)22(5)37/h9-10,12-13,18-19,21,24,28-29,32,36H,7-8,11,14-17H2,1-6H3/t21-,24-,28-,29-/m1/s1. The molecular weight excluding hydrogens is 508 g/mol. The Labute approximate surface area is 237 Å². The molecule has 218 valence electrons. The molecule has 0 bridgehead atoms. The number of pyridine rings is 1. The largest absolute Gasteiger partial charge is 0.462 e. The summed E-state index contributed by atoms with van der Waals surface area (Å²) in [6, 6.07) is 7.69. The number of esters is 1. The fourth-order valence-electron chi connectivity index (χ4n) is 6.07. The van der Waals surface area contributed by atoms with Gasteiger partial charge in [0.1, 0.15) is 6.04 Å². The zero-order valence-electron chi connectivity index (χ0n) is 24.6. The Morgan fingerprint density at radius 1 is 1.20 bits per heavy atom. The van der Waals surface area contributed by atoms with Crippen LogP contribution in [0.1, 0.15) is 75.3 Å². The second kappa shape index (κ2) is 12.6. The fourth-order valence-corrected chi connectivity index (χ4v) is 6.07. The molecule has 1 saturated heterocycles. The normalized spacial score (nSPS) is 20.4. The molecule has 1 fully saturated rings. The Hall–Kier alpha value is -3.17. The summed E-state index contributed by atoms with van der Waals surface area (Å²) in [6.45, 7) is 11.4. The van der Waals surface area contributed by atoms with Gasteiger partial charge in [0.05, 0.1) is 23.9 Å². The monoisotopic (exact) mass is 552 g/mol. The van der Waals surface area contributed by atoms with Crippen molar-refractivity contribution in [3.63, 3.8) is 0 Å². The number of ether oxygens (including phenoxy) is 1. The number of benzene rings is 1. The highest BCUT2D eigenvalue weighted by molar-refractivity contribution is 5.76. The first kappa shape index (κ1) is 29.8. The van der Waals surface area contributed by atoms with E-state index in [-0.39, 0.29) is 23.6 Å². The van der Waals surface area contributed by atoms with Crippen LogP contribution in [0.4, 0.5) is 5.69 Å². The van der Waals surface area contributed by atoms with Crippen LogP contribution >= 0.6 is 0 Å². The number of piperidine rings is 1. The van der Waals surface area contributed by atoms with Crippen molar-refractivity contribution in [3.8, 4) is 0 Å². The van der Waals surface area contributed by atoms with Crippen LogP contribution in [-0.4, -0.2) is 57.8 Å². The summed E-state index contributed by atoms with van der Waals surface area (Å²) < 4.78 is 6.96. The van der Waals surface area contributed by atoms with E-state index in [2.05, 4.69) is 28.4 Å². The summed E-state index contributed by atoms with van der Waals surface area (Å²) in [5.41, 5.74) is 5.18. The summed E-state index contributed by atoms with van der Waals surface area (Å²) in [6.07, 6.45) is 3.78. The third kappa shape index (κ3) is 6.75. The number of aliphatic hydroxyl groups excluding tert-OH is 1. The van der Waals surface area contributed by atoms with Gasteiger partial charge in [0.25, 0.3) is 5.56 Å². The SMILES string of the molecule is CC(=O)N1CCC[C@H](C[C@@H]2c3ccc(CN[C@@H](C(=O)OC(C)C)[C@@H](C)O)cc3CN2c2cc(C)c(=O)n(C)c2)C1. The van der Waals surface area contributed by atoms with Gasteiger partial charge in [-0.15, -0.1) is 0 Å². The molecule has 0 saturated carbocycles. The van der Waals surface area contributed by atoms with Crippen LogP contribution in [0.2, 0.25) is 0 Å². The van der Waals surface area contributed by atoms with E-state index in [4.69, 9.17) is 4.74 Å². The van der Waals surface area contributed by atoms with E-state index in [9.17, 15) is 19.5 Å². The molecule has 0 unspecified atom stereocenters. The summed E-state index contributed by atoms with van der Waals surface area (Å²) in [7, 11) is 1.79. The van der Waals surface area contributed by atoms with Crippen molar-refractivity contribution in [1.82, 2.24) is 14.8 Å². The minimum absolute atomic E-state index is 0.00147. The molecule has 4 rings (SSSR count). The van der Waals surface area contributed by atoms with Gasteiger partial charge in [0.15, 0.2) is 0 Å². The molecule has 2 N–H and O–H groups in total. The molecule has 1 aromatic carbocycles. The van der Waals surface area contributed by atoms with Crippen molar-refractivity contribution >= 4 is 17.6 Å². The summed E-state index contributed by atoms with van der Waals surface area (Å²) in [5.74, 6) is 0.0615. The van der Waals surface area contributed by atoms with Gasteiger partial charge < -0.3 is 24.2 Å². The van der Waals surface area contributed by atoms with Crippen molar-refractivity contribution in [2.75, 3.05) is 18.0 Å². The molecule has 1 aromatic heterocycles. The molecule has 4 atom stereocenters. The molecule has 9 nitrogen and oxygen atoms in total. The lowest BCUT2D eigenvalue weighted by atomic mass is 9.88. The summed E-state index contributed by atoms with van der Waals surface area (Å²) in [5, 5.41) is 13.4. The number of amides is 1. The second-order valence-electron chi connectivity index (χ2n) is 11.8. The Morgan fingerprint density at radius 2 is 1.95 bits per heavy atom. The van der Waals surface area contributed by atoms with E-state index in [0.29, 0.717) is 24.6 Å². The molecule has 3 heterocycles. The Balaban J connectivity index is 1.59. The van der Waals surface area contributed by atoms with Crippen molar-refractivity contribution in [1.29, 1.82) is 0 Å². The lowest BCUT2D eigenvalue weighted by Gasteiger charge is -2.36. The van der Waals surface area contributed by atoms with E-state index in [1.165, 1.54) is 11.1 Å². The van der Waals surface area contributed by atoms with E-state index < -0.39 is 18.1 Å². The average Bonchev–Trinajstić information content (AvgIpc) is 3.24. The number of rotatable bonds is 9. The number of carbonyl (C=O) groups is 2. The van der Waals surface area contributed by atoms with Crippen molar-refractivity contribution < 1.29 is 19.4 Å². The number of aromatic nitrogens is 1. The third-order valence-electron chi connectivity index (χ3n) is 8.10. The average molecular weight is 553 g/mol. The van der Waals surface area contributed by atoms with Gasteiger partial charge in [0, 0.05) is 51.9 Å². The van der Waals surface area contributed by atoms with Crippen LogP contribution in [0.25, 0.3) is 0 Å². The van der Waals surface area contributed by atoms with Gasteiger partial charge in [0.2, 0.25) is 5.91 Å². The number of carbonyl (C=O) groups excluding carboxylic acids is 2. The van der Waals surface area contributed by atoms with E-state index in [1.807, 2.05) is 24.1 Å². The topological polar surface area (TPSA) is 104 Å². The minimum Gasteiger partial charge on any atom is -0.462 e. The molecule has 0 aliphatic carbocycles. The number of fused-ring (bicyclic) bond motifs is 1. The smallest absolute Gasteiger partial charge is 0.326 e. The maximum atomic E-state index is 12.5. The zero-order chi connectivity index (χ0) is 29.1. The molecule has 2 aliphatic rings. The maximum absolute atomic E-state index is 12.5. The van der Waals surface area contributed by atoms with E-state index in [1.54, 1.807) is 39.3 Å². The van der Waals surface area contributed by atoms with Gasteiger partial charge in [-0.2, -0.15) is 0 Å². The lowest BCUT2D eigenvalue weighted by Crippen LogP contribution is -2.46. The Bertz CT molecular complexity index is 1260. The van der Waals surface area contributed by atoms with Crippen molar-refractivity contribution in [2.45, 2.75) is 91.3 Å². The summed E-state index contributed by atoms with van der Waals surface area (Å²) in [4.78, 5) is 41.3. The van der Waals surface area contributed by atoms with Gasteiger partial charge in [-0.05, 0) is 75.6 Å². The first-order valence-corrected chi connectivity index (χ1v) is 14.4. The van der Waals surface area contributed by atoms with E-state index >= 15 is 0 Å². The zero-order valence-corrected chi connectivity index (χ0v) is 24.6. The van der Waals surface area contributed by atoms with Gasteiger partial charge in [-0.3, -0.25) is 19.7 Å². The number of hydrogen-bond donors (Lipinski definition) is 2. The quantitative estimate of drug-likeness (QED) is 0.461. The number of nitrogens with one attached hydrogen (secondary N) is 1. The van der Waals surface area contributed by atoms with Gasteiger partial charge in [-0.1, -0.05) is 18.2 Å². The molecule has 40 heavy (non-hydrogen) atoms. The van der Waals surface area contributed by atoms with Crippen LogP contribution in [0, 0.1) is 12.8 Å². The number of hydrogen-bond acceptors (Lipinski definition) is 7. The predicted octanol–water partition coefficient (Wildman–Crippen LogP) is 3.19. The van der Waals surface area contributed by atoms with Crippen LogP contribution in [0.15, 0.2) is 35.3 Å². The molecule has 2 aliphatic heterocycles. The molecule has 0 spiro atoms. The second-order valence-corrected chi connectivity index (χ2v) is 11.8. The van der Waals surface area contributed by atoms with Gasteiger partial charge in [-0.25, -0.2) is 0 Å². The number of anilines is 1. The van der Waals surface area contributed by atoms with Gasteiger partial charge >= 0.3 is 5.97 Å². The van der Waals surface area contributed by atoms with Crippen LogP contribution in [0.5, 0.6) is 0 Å². The first-order valence-electron chi connectivity index (χ1n) is 14.4. The van der Waals surface area contributed by atoms with Crippen molar-refractivity contribution in [2.24, 2.45) is 13.0 Å². The highest BCUT2D eigenvalue weighted by Gasteiger charge is 2.35. The minimum atomic E-state index is -0.890. The maximum Gasteiger partial charge on any atom is 0.326 e. The molecule has 0 radical (unpaired) electrons. The number of likely N-dealkylation sites (tertiary alicyclic amines) is 1. The Kier molecular flexibility index (Phi) is 9.36.